The van der Waals surface area contributed by atoms with Crippen molar-refractivity contribution >= 4 is 12.1 Å². The Labute approximate surface area is 210 Å². The van der Waals surface area contributed by atoms with E-state index in [1.54, 1.807) is 0 Å². The predicted octanol–water partition coefficient (Wildman–Crippen LogP) is 5.92. The average Bonchev–Trinajstić information content (AvgIpc) is 2.84. The first-order chi connectivity index (χ1) is 16.8. The number of anilines is 1. The Hall–Kier alpha value is -3.05. The lowest BCUT2D eigenvalue weighted by Crippen LogP contribution is -2.32. The van der Waals surface area contributed by atoms with Gasteiger partial charge in [-0.25, -0.2) is 9.97 Å². The molecule has 0 aliphatic heterocycles. The lowest BCUT2D eigenvalue weighted by Gasteiger charge is -2.35. The molecule has 1 aliphatic rings. The fraction of sp³-hybridized carbons (Fsp3) is 0.433. The van der Waals surface area contributed by atoms with E-state index in [9.17, 15) is 4.79 Å². The molecular formula is C30H38N4O. The summed E-state index contributed by atoms with van der Waals surface area (Å²) in [5, 5.41) is 3.23. The number of nitrogens with zero attached hydrogens (tertiary/aromatic N) is 3. The van der Waals surface area contributed by atoms with Gasteiger partial charge in [0.15, 0.2) is 0 Å². The van der Waals surface area contributed by atoms with Crippen LogP contribution >= 0.6 is 0 Å². The number of rotatable bonds is 9. The quantitative estimate of drug-likeness (QED) is 0.394. The second kappa shape index (κ2) is 10.7. The number of hydrogen-bond acceptors (Lipinski definition) is 5. The number of carbonyl (C=O) groups is 1. The number of fused-ring (bicyclic) bond motifs is 1. The van der Waals surface area contributed by atoms with Gasteiger partial charge < -0.3 is 10.2 Å². The molecule has 2 aromatic carbocycles. The van der Waals surface area contributed by atoms with E-state index in [2.05, 4.69) is 62.2 Å². The molecule has 0 saturated carbocycles. The van der Waals surface area contributed by atoms with Gasteiger partial charge in [-0.15, -0.1) is 0 Å². The minimum absolute atomic E-state index is 0.257. The summed E-state index contributed by atoms with van der Waals surface area (Å²) in [5.74, 6) is 1.97. The lowest BCUT2D eigenvalue weighted by molar-refractivity contribution is 0.112. The normalized spacial score (nSPS) is 14.4. The van der Waals surface area contributed by atoms with Crippen LogP contribution in [-0.2, 0) is 25.9 Å². The Bertz CT molecular complexity index is 1200. The molecule has 1 aliphatic carbocycles. The van der Waals surface area contributed by atoms with Gasteiger partial charge in [0, 0.05) is 29.9 Å². The Kier molecular flexibility index (Phi) is 7.66. The number of hydrogen-bond donors (Lipinski definition) is 1. The average molecular weight is 471 g/mol. The summed E-state index contributed by atoms with van der Waals surface area (Å²) >= 11 is 0. The Morgan fingerprint density at radius 2 is 1.91 bits per heavy atom. The van der Waals surface area contributed by atoms with Crippen molar-refractivity contribution in [3.05, 3.63) is 76.2 Å². The van der Waals surface area contributed by atoms with Crippen molar-refractivity contribution in [2.24, 2.45) is 5.41 Å². The largest absolute Gasteiger partial charge is 0.352 e. The lowest BCUT2D eigenvalue weighted by atomic mass is 9.76. The molecule has 184 valence electrons. The van der Waals surface area contributed by atoms with Crippen LogP contribution in [0.25, 0.3) is 11.1 Å². The third-order valence-corrected chi connectivity index (χ3v) is 7.01. The predicted molar refractivity (Wildman–Crippen MR) is 144 cm³/mol. The molecule has 0 unspecified atom stereocenters. The molecule has 0 fully saturated rings. The molecule has 35 heavy (non-hydrogen) atoms. The molecular weight excluding hydrogens is 432 g/mol. The van der Waals surface area contributed by atoms with Gasteiger partial charge in [0.1, 0.15) is 17.9 Å². The van der Waals surface area contributed by atoms with Gasteiger partial charge in [-0.2, -0.15) is 0 Å². The van der Waals surface area contributed by atoms with Crippen molar-refractivity contribution in [1.29, 1.82) is 0 Å². The zero-order chi connectivity index (χ0) is 25.0. The summed E-state index contributed by atoms with van der Waals surface area (Å²) in [6.45, 7) is 11.5. The fourth-order valence-corrected chi connectivity index (χ4v) is 5.03. The van der Waals surface area contributed by atoms with E-state index in [0.29, 0.717) is 12.1 Å². The summed E-state index contributed by atoms with van der Waals surface area (Å²) < 4.78 is 0. The number of aromatic nitrogens is 2. The van der Waals surface area contributed by atoms with Crippen LogP contribution in [0, 0.1) is 12.3 Å². The SMILES string of the molecule is CCCN(Cc1cc(-c2cccc(C=O)c2)ccc1C)c1nc(CNC)nc2c1CC(C)(C)CC2. The van der Waals surface area contributed by atoms with Crippen LogP contribution in [0.2, 0.25) is 0 Å². The Balaban J connectivity index is 1.75. The minimum atomic E-state index is 0.257. The second-order valence-electron chi connectivity index (χ2n) is 10.6. The van der Waals surface area contributed by atoms with E-state index in [1.807, 2.05) is 25.2 Å². The maximum absolute atomic E-state index is 11.3. The van der Waals surface area contributed by atoms with Gasteiger partial charge in [-0.1, -0.05) is 51.1 Å². The van der Waals surface area contributed by atoms with Crippen LogP contribution < -0.4 is 10.2 Å². The third-order valence-electron chi connectivity index (χ3n) is 7.01. The van der Waals surface area contributed by atoms with Crippen LogP contribution in [0.5, 0.6) is 0 Å². The maximum Gasteiger partial charge on any atom is 0.150 e. The van der Waals surface area contributed by atoms with Gasteiger partial charge in [0.25, 0.3) is 0 Å². The molecule has 1 aromatic heterocycles. The smallest absolute Gasteiger partial charge is 0.150 e. The highest BCUT2D eigenvalue weighted by Crippen LogP contribution is 2.38. The summed E-state index contributed by atoms with van der Waals surface area (Å²) in [4.78, 5) is 23.8. The van der Waals surface area contributed by atoms with Gasteiger partial charge in [-0.05, 0) is 79.5 Å². The van der Waals surface area contributed by atoms with Crippen molar-refractivity contribution in [2.45, 2.75) is 66.5 Å². The Morgan fingerprint density at radius 1 is 1.11 bits per heavy atom. The number of carbonyl (C=O) groups excluding carboxylic acids is 1. The van der Waals surface area contributed by atoms with Crippen molar-refractivity contribution in [3.8, 4) is 11.1 Å². The summed E-state index contributed by atoms with van der Waals surface area (Å²) in [7, 11) is 1.95. The first-order valence-corrected chi connectivity index (χ1v) is 12.8. The van der Waals surface area contributed by atoms with E-state index < -0.39 is 0 Å². The van der Waals surface area contributed by atoms with E-state index in [0.717, 1.165) is 67.8 Å². The highest BCUT2D eigenvalue weighted by Gasteiger charge is 2.30. The fourth-order valence-electron chi connectivity index (χ4n) is 5.03. The molecule has 0 spiro atoms. The van der Waals surface area contributed by atoms with E-state index in [1.165, 1.54) is 22.4 Å². The van der Waals surface area contributed by atoms with Crippen LogP contribution in [0.4, 0.5) is 5.82 Å². The molecule has 0 radical (unpaired) electrons. The van der Waals surface area contributed by atoms with Crippen molar-refractivity contribution in [1.82, 2.24) is 15.3 Å². The van der Waals surface area contributed by atoms with E-state index in [-0.39, 0.29) is 5.41 Å². The summed E-state index contributed by atoms with van der Waals surface area (Å²) in [6.07, 6.45) is 5.13. The van der Waals surface area contributed by atoms with Gasteiger partial charge in [0.2, 0.25) is 0 Å². The first-order valence-electron chi connectivity index (χ1n) is 12.8. The monoisotopic (exact) mass is 470 g/mol. The second-order valence-corrected chi connectivity index (χ2v) is 10.6. The Morgan fingerprint density at radius 3 is 2.66 bits per heavy atom. The van der Waals surface area contributed by atoms with Crippen LogP contribution in [0.3, 0.4) is 0 Å². The van der Waals surface area contributed by atoms with Crippen LogP contribution in [0.15, 0.2) is 42.5 Å². The highest BCUT2D eigenvalue weighted by atomic mass is 16.1. The highest BCUT2D eigenvalue weighted by molar-refractivity contribution is 5.79. The molecule has 4 rings (SSSR count). The number of benzene rings is 2. The molecule has 1 N–H and O–H groups in total. The molecule has 0 bridgehead atoms. The number of nitrogens with one attached hydrogen (secondary N) is 1. The molecule has 1 heterocycles. The summed E-state index contributed by atoms with van der Waals surface area (Å²) in [6, 6.07) is 14.4. The van der Waals surface area contributed by atoms with E-state index in [4.69, 9.17) is 9.97 Å². The minimum Gasteiger partial charge on any atom is -0.352 e. The van der Waals surface area contributed by atoms with Gasteiger partial charge in [-0.3, -0.25) is 4.79 Å². The maximum atomic E-state index is 11.3. The third kappa shape index (κ3) is 5.79. The standard InChI is InChI=1S/C30H38N4O/c1-6-14-34(29-26-17-30(3,4)13-12-27(26)32-28(33-29)18-31-5)19-25-16-24(11-10-21(25)2)23-9-7-8-22(15-23)20-35/h7-11,15-16,20,31H,6,12-14,17-19H2,1-5H3. The topological polar surface area (TPSA) is 58.1 Å². The summed E-state index contributed by atoms with van der Waals surface area (Å²) in [5.41, 5.74) is 8.24. The van der Waals surface area contributed by atoms with Crippen LogP contribution in [-0.4, -0.2) is 29.8 Å². The van der Waals surface area contributed by atoms with Gasteiger partial charge in [0.05, 0.1) is 6.54 Å². The van der Waals surface area contributed by atoms with Crippen LogP contribution in [0.1, 0.15) is 72.2 Å². The molecule has 0 saturated heterocycles. The molecule has 0 atom stereocenters. The van der Waals surface area contributed by atoms with Crippen molar-refractivity contribution in [3.63, 3.8) is 0 Å². The van der Waals surface area contributed by atoms with Crippen molar-refractivity contribution in [2.75, 3.05) is 18.5 Å². The zero-order valence-electron chi connectivity index (χ0n) is 21.8. The molecule has 0 amide bonds. The molecule has 5 nitrogen and oxygen atoms in total. The number of aldehydes is 1. The first kappa shape index (κ1) is 25.1. The van der Waals surface area contributed by atoms with Gasteiger partial charge >= 0.3 is 0 Å². The zero-order valence-corrected chi connectivity index (χ0v) is 21.8. The molecule has 3 aromatic rings. The molecule has 5 heteroatoms. The number of aryl methyl sites for hydroxylation is 2. The van der Waals surface area contributed by atoms with Crippen molar-refractivity contribution < 1.29 is 4.79 Å². The van der Waals surface area contributed by atoms with E-state index >= 15 is 0 Å².